The molecule has 3 aromatic rings. The molecule has 4 amide bonds. The van der Waals surface area contributed by atoms with Crippen molar-refractivity contribution in [2.75, 3.05) is 41.7 Å². The average molecular weight is 584 g/mol. The quantitative estimate of drug-likeness (QED) is 0.282. The summed E-state index contributed by atoms with van der Waals surface area (Å²) in [4.78, 5) is 54.7. The first-order valence-corrected chi connectivity index (χ1v) is 14.6. The van der Waals surface area contributed by atoms with E-state index in [0.717, 1.165) is 29.7 Å². The second-order valence-electron chi connectivity index (χ2n) is 11.3. The Morgan fingerprint density at radius 2 is 1.58 bits per heavy atom. The summed E-state index contributed by atoms with van der Waals surface area (Å²) in [6, 6.07) is 18.7. The fraction of sp³-hybridized carbons (Fsp3) is 0.333. The number of amides is 4. The van der Waals surface area contributed by atoms with E-state index in [1.165, 1.54) is 0 Å². The van der Waals surface area contributed by atoms with Crippen LogP contribution in [-0.2, 0) is 9.59 Å². The fourth-order valence-electron chi connectivity index (χ4n) is 5.28. The van der Waals surface area contributed by atoms with Gasteiger partial charge in [-0.25, -0.2) is 4.79 Å². The number of nitrogens with zero attached hydrogens (tertiary/aromatic N) is 2. The van der Waals surface area contributed by atoms with Crippen molar-refractivity contribution in [2.45, 2.75) is 39.2 Å². The minimum atomic E-state index is -1.03. The molecule has 4 N–H and O–H groups in total. The van der Waals surface area contributed by atoms with E-state index in [9.17, 15) is 24.3 Å². The van der Waals surface area contributed by atoms with Gasteiger partial charge in [-0.2, -0.15) is 0 Å². The lowest BCUT2D eigenvalue weighted by Crippen LogP contribution is -2.49. The van der Waals surface area contributed by atoms with Crippen LogP contribution in [0.1, 0.15) is 52.4 Å². The predicted octanol–water partition coefficient (Wildman–Crippen LogP) is 4.95. The number of carboxylic acids is 1. The van der Waals surface area contributed by atoms with Gasteiger partial charge in [-0.15, -0.1) is 0 Å². The number of carbonyl (C=O) groups is 4. The summed E-state index contributed by atoms with van der Waals surface area (Å²) < 4.78 is 0. The summed E-state index contributed by atoms with van der Waals surface area (Å²) in [6.07, 6.45) is 1.65. The molecule has 10 nitrogen and oxygen atoms in total. The Bertz CT molecular complexity index is 1510. The Labute approximate surface area is 251 Å². The number of rotatable bonds is 9. The van der Waals surface area contributed by atoms with Gasteiger partial charge in [-0.3, -0.25) is 14.4 Å². The number of nitrogens with one attached hydrogen (secondary N) is 3. The summed E-state index contributed by atoms with van der Waals surface area (Å²) in [5.41, 5.74) is 4.79. The normalized spacial score (nSPS) is 15.4. The van der Waals surface area contributed by atoms with Gasteiger partial charge in [-0.1, -0.05) is 42.0 Å². The number of hydrogen-bond donors (Lipinski definition) is 4. The SMILES string of the molecule is Cc1ccc(C(CC(=O)O)NC(=O)c2ccc(N3CCN(C(=O)C4CC4)CC3)c(NC(=O)Nc3cccc(C)c3)c2)cc1. The molecule has 2 aliphatic rings. The lowest BCUT2D eigenvalue weighted by molar-refractivity contribution is -0.137. The standard InChI is InChI=1S/C33H37N5O5/c1-21-6-8-23(9-7-21)27(20-30(39)40)35-31(41)25-12-13-29(37-14-16-38(17-15-37)32(42)24-10-11-24)28(19-25)36-33(43)34-26-5-3-4-22(2)18-26/h3-9,12-13,18-19,24,27H,10-11,14-17,20H2,1-2H3,(H,35,41)(H,39,40)(H2,34,36,43). The third-order valence-electron chi connectivity index (χ3n) is 7.81. The number of hydrogen-bond acceptors (Lipinski definition) is 5. The van der Waals surface area contributed by atoms with E-state index in [4.69, 9.17) is 0 Å². The predicted molar refractivity (Wildman–Crippen MR) is 165 cm³/mol. The highest BCUT2D eigenvalue weighted by Gasteiger charge is 2.35. The molecule has 0 aromatic heterocycles. The molecular formula is C33H37N5O5. The average Bonchev–Trinajstić information content (AvgIpc) is 3.82. The van der Waals surface area contributed by atoms with E-state index in [-0.39, 0.29) is 23.8 Å². The largest absolute Gasteiger partial charge is 0.481 e. The summed E-state index contributed by atoms with van der Waals surface area (Å²) >= 11 is 0. The first-order valence-electron chi connectivity index (χ1n) is 14.6. The van der Waals surface area contributed by atoms with Gasteiger partial charge in [0, 0.05) is 43.3 Å². The van der Waals surface area contributed by atoms with Crippen LogP contribution in [-0.4, -0.2) is 60.0 Å². The van der Waals surface area contributed by atoms with Crippen LogP contribution in [0.3, 0.4) is 0 Å². The van der Waals surface area contributed by atoms with Crippen LogP contribution in [0.2, 0.25) is 0 Å². The molecule has 2 fully saturated rings. The first-order chi connectivity index (χ1) is 20.7. The molecule has 0 spiro atoms. The van der Waals surface area contributed by atoms with Gasteiger partial charge in [0.2, 0.25) is 5.91 Å². The van der Waals surface area contributed by atoms with Crippen molar-refractivity contribution in [1.29, 1.82) is 0 Å². The van der Waals surface area contributed by atoms with Gasteiger partial charge in [0.05, 0.1) is 23.8 Å². The molecule has 1 heterocycles. The summed E-state index contributed by atoms with van der Waals surface area (Å²) in [5, 5.41) is 18.1. The molecule has 10 heteroatoms. The molecule has 0 radical (unpaired) electrons. The molecular weight excluding hydrogens is 546 g/mol. The van der Waals surface area contributed by atoms with Crippen LogP contribution in [0.4, 0.5) is 21.9 Å². The second-order valence-corrected chi connectivity index (χ2v) is 11.3. The van der Waals surface area contributed by atoms with Crippen molar-refractivity contribution < 1.29 is 24.3 Å². The number of benzene rings is 3. The highest BCUT2D eigenvalue weighted by atomic mass is 16.4. The molecule has 0 bridgehead atoms. The number of urea groups is 1. The topological polar surface area (TPSA) is 131 Å². The minimum absolute atomic E-state index is 0.164. The highest BCUT2D eigenvalue weighted by Crippen LogP contribution is 2.33. The maximum Gasteiger partial charge on any atom is 0.323 e. The van der Waals surface area contributed by atoms with Gasteiger partial charge < -0.3 is 30.9 Å². The molecule has 43 heavy (non-hydrogen) atoms. The Kier molecular flexibility index (Phi) is 8.94. The fourth-order valence-corrected chi connectivity index (χ4v) is 5.28. The van der Waals surface area contributed by atoms with Crippen LogP contribution in [0, 0.1) is 19.8 Å². The zero-order valence-corrected chi connectivity index (χ0v) is 24.4. The molecule has 1 saturated carbocycles. The van der Waals surface area contributed by atoms with Crippen LogP contribution in [0.5, 0.6) is 0 Å². The van der Waals surface area contributed by atoms with E-state index < -0.39 is 23.9 Å². The molecule has 1 atom stereocenters. The van der Waals surface area contributed by atoms with E-state index in [1.54, 1.807) is 24.3 Å². The molecule has 3 aromatic carbocycles. The number of aliphatic carboxylic acids is 1. The third kappa shape index (κ3) is 7.71. The van der Waals surface area contributed by atoms with Crippen LogP contribution in [0.25, 0.3) is 0 Å². The molecule has 5 rings (SSSR count). The Morgan fingerprint density at radius 1 is 0.860 bits per heavy atom. The van der Waals surface area contributed by atoms with Crippen molar-refractivity contribution in [3.63, 3.8) is 0 Å². The Balaban J connectivity index is 1.37. The van der Waals surface area contributed by atoms with Crippen LogP contribution in [0.15, 0.2) is 66.7 Å². The van der Waals surface area contributed by atoms with Crippen LogP contribution >= 0.6 is 0 Å². The van der Waals surface area contributed by atoms with Gasteiger partial charge in [0.25, 0.3) is 5.91 Å². The van der Waals surface area contributed by atoms with E-state index in [0.29, 0.717) is 43.1 Å². The zero-order chi connectivity index (χ0) is 30.5. The number of carbonyl (C=O) groups excluding carboxylic acids is 3. The van der Waals surface area contributed by atoms with Crippen LogP contribution < -0.4 is 20.9 Å². The molecule has 1 aliphatic heterocycles. The van der Waals surface area contributed by atoms with Crippen molar-refractivity contribution in [2.24, 2.45) is 5.92 Å². The summed E-state index contributed by atoms with van der Waals surface area (Å²) in [7, 11) is 0. The van der Waals surface area contributed by atoms with E-state index in [2.05, 4.69) is 20.9 Å². The highest BCUT2D eigenvalue weighted by molar-refractivity contribution is 6.04. The zero-order valence-electron chi connectivity index (χ0n) is 24.4. The van der Waals surface area contributed by atoms with Crippen molar-refractivity contribution in [1.82, 2.24) is 10.2 Å². The lowest BCUT2D eigenvalue weighted by atomic mass is 10.0. The number of carboxylic acid groups (broad SMARTS) is 1. The Morgan fingerprint density at radius 3 is 2.23 bits per heavy atom. The maximum atomic E-state index is 13.4. The van der Waals surface area contributed by atoms with Gasteiger partial charge >= 0.3 is 12.0 Å². The minimum Gasteiger partial charge on any atom is -0.481 e. The maximum absolute atomic E-state index is 13.4. The lowest BCUT2D eigenvalue weighted by Gasteiger charge is -2.37. The number of aryl methyl sites for hydroxylation is 2. The van der Waals surface area contributed by atoms with E-state index in [1.807, 2.05) is 61.2 Å². The summed E-state index contributed by atoms with van der Waals surface area (Å²) in [6.45, 7) is 6.22. The smallest absolute Gasteiger partial charge is 0.323 e. The first kappa shape index (κ1) is 29.6. The number of piperazine rings is 1. The van der Waals surface area contributed by atoms with Gasteiger partial charge in [-0.05, 0) is 68.1 Å². The monoisotopic (exact) mass is 583 g/mol. The molecule has 1 aliphatic carbocycles. The van der Waals surface area contributed by atoms with Gasteiger partial charge in [0.15, 0.2) is 0 Å². The Hall–Kier alpha value is -4.86. The second kappa shape index (κ2) is 13.0. The molecule has 224 valence electrons. The summed E-state index contributed by atoms with van der Waals surface area (Å²) in [5.74, 6) is -1.11. The van der Waals surface area contributed by atoms with Crippen molar-refractivity contribution in [3.05, 3.63) is 89.0 Å². The van der Waals surface area contributed by atoms with Gasteiger partial charge in [0.1, 0.15) is 0 Å². The molecule has 1 saturated heterocycles. The van der Waals surface area contributed by atoms with Crippen molar-refractivity contribution >= 4 is 40.9 Å². The third-order valence-corrected chi connectivity index (χ3v) is 7.81. The molecule has 1 unspecified atom stereocenters. The number of anilines is 3. The van der Waals surface area contributed by atoms with Crippen molar-refractivity contribution in [3.8, 4) is 0 Å². The van der Waals surface area contributed by atoms with E-state index >= 15 is 0 Å².